The van der Waals surface area contributed by atoms with Crippen LogP contribution in [-0.2, 0) is 6.54 Å². The van der Waals surface area contributed by atoms with E-state index < -0.39 is 0 Å². The number of fused-ring (bicyclic) bond motifs is 1. The van der Waals surface area contributed by atoms with Gasteiger partial charge < -0.3 is 16.0 Å². The van der Waals surface area contributed by atoms with Crippen molar-refractivity contribution >= 4 is 34.4 Å². The van der Waals surface area contributed by atoms with Crippen LogP contribution in [0, 0.1) is 6.92 Å². The fourth-order valence-corrected chi connectivity index (χ4v) is 3.22. The molecule has 0 aliphatic carbocycles. The molecule has 4 rings (SSSR count). The van der Waals surface area contributed by atoms with Crippen LogP contribution >= 0.6 is 11.6 Å². The lowest BCUT2D eigenvalue weighted by Gasteiger charge is -2.08. The van der Waals surface area contributed by atoms with Gasteiger partial charge in [-0.25, -0.2) is 15.0 Å². The standard InChI is InChI=1S/C19H17ClN6/c1-11-23-16-6-5-15(13-8-17(21)25-18(22)9-13)24-19(16)26(11)10-12-3-2-4-14(20)7-12/h2-9H,10H2,1H3,(H4,21,22,25). The SMILES string of the molecule is Cc1nc2ccc(-c3cc(N)nc(N)c3)nc2n1Cc1cccc(Cl)c1. The lowest BCUT2D eigenvalue weighted by atomic mass is 10.1. The van der Waals surface area contributed by atoms with Crippen LogP contribution < -0.4 is 11.5 Å². The minimum atomic E-state index is 0.366. The number of aromatic nitrogens is 4. The predicted molar refractivity (Wildman–Crippen MR) is 105 cm³/mol. The average molecular weight is 365 g/mol. The van der Waals surface area contributed by atoms with Crippen LogP contribution in [0.4, 0.5) is 11.6 Å². The first-order valence-corrected chi connectivity index (χ1v) is 8.49. The summed E-state index contributed by atoms with van der Waals surface area (Å²) < 4.78 is 2.07. The van der Waals surface area contributed by atoms with Crippen LogP contribution in [0.2, 0.25) is 5.02 Å². The fourth-order valence-electron chi connectivity index (χ4n) is 3.00. The Kier molecular flexibility index (Phi) is 3.97. The second kappa shape index (κ2) is 6.31. The monoisotopic (exact) mass is 364 g/mol. The molecule has 0 aliphatic heterocycles. The molecule has 4 aromatic rings. The highest BCUT2D eigenvalue weighted by atomic mass is 35.5. The number of hydrogen-bond acceptors (Lipinski definition) is 5. The van der Waals surface area contributed by atoms with Gasteiger partial charge in [-0.05, 0) is 48.9 Å². The number of nitrogens with two attached hydrogens (primary N) is 2. The average Bonchev–Trinajstić information content (AvgIpc) is 2.89. The van der Waals surface area contributed by atoms with Crippen molar-refractivity contribution in [1.29, 1.82) is 0 Å². The number of aryl methyl sites for hydroxylation is 1. The second-order valence-corrected chi connectivity index (χ2v) is 6.56. The minimum Gasteiger partial charge on any atom is -0.384 e. The second-order valence-electron chi connectivity index (χ2n) is 6.12. The molecule has 3 heterocycles. The number of benzene rings is 1. The van der Waals surface area contributed by atoms with Crippen LogP contribution in [0.5, 0.6) is 0 Å². The number of hydrogen-bond donors (Lipinski definition) is 2. The third-order valence-electron chi connectivity index (χ3n) is 4.17. The van der Waals surface area contributed by atoms with E-state index in [2.05, 4.69) is 14.5 Å². The maximum Gasteiger partial charge on any atom is 0.160 e. The van der Waals surface area contributed by atoms with Crippen LogP contribution in [0.15, 0.2) is 48.5 Å². The van der Waals surface area contributed by atoms with Gasteiger partial charge in [0.05, 0.1) is 12.2 Å². The van der Waals surface area contributed by atoms with Crippen molar-refractivity contribution in [3.63, 3.8) is 0 Å². The lowest BCUT2D eigenvalue weighted by Crippen LogP contribution is -2.03. The smallest absolute Gasteiger partial charge is 0.160 e. The van der Waals surface area contributed by atoms with Crippen molar-refractivity contribution in [2.24, 2.45) is 0 Å². The van der Waals surface area contributed by atoms with Crippen LogP contribution in [-0.4, -0.2) is 19.5 Å². The van der Waals surface area contributed by atoms with Gasteiger partial charge in [-0.15, -0.1) is 0 Å². The highest BCUT2D eigenvalue weighted by molar-refractivity contribution is 6.30. The normalized spacial score (nSPS) is 11.2. The number of pyridine rings is 2. The molecule has 6 nitrogen and oxygen atoms in total. The van der Waals surface area contributed by atoms with E-state index in [0.29, 0.717) is 23.2 Å². The van der Waals surface area contributed by atoms with Crippen molar-refractivity contribution in [3.05, 3.63) is 64.9 Å². The van der Waals surface area contributed by atoms with E-state index in [4.69, 9.17) is 28.1 Å². The van der Waals surface area contributed by atoms with Gasteiger partial charge in [-0.1, -0.05) is 23.7 Å². The largest absolute Gasteiger partial charge is 0.384 e. The van der Waals surface area contributed by atoms with E-state index in [1.807, 2.05) is 43.3 Å². The van der Waals surface area contributed by atoms with Gasteiger partial charge in [0.2, 0.25) is 0 Å². The first kappa shape index (κ1) is 16.4. The van der Waals surface area contributed by atoms with Gasteiger partial charge in [0.1, 0.15) is 23.0 Å². The van der Waals surface area contributed by atoms with E-state index in [1.165, 1.54) is 0 Å². The van der Waals surface area contributed by atoms with Gasteiger partial charge in [-0.3, -0.25) is 0 Å². The van der Waals surface area contributed by atoms with Crippen LogP contribution in [0.3, 0.4) is 0 Å². The summed E-state index contributed by atoms with van der Waals surface area (Å²) in [5.41, 5.74) is 15.9. The summed E-state index contributed by atoms with van der Waals surface area (Å²) >= 11 is 6.11. The van der Waals surface area contributed by atoms with E-state index in [-0.39, 0.29) is 0 Å². The van der Waals surface area contributed by atoms with Crippen molar-refractivity contribution in [2.75, 3.05) is 11.5 Å². The van der Waals surface area contributed by atoms with Gasteiger partial charge in [0.25, 0.3) is 0 Å². The van der Waals surface area contributed by atoms with E-state index in [9.17, 15) is 0 Å². The molecular formula is C19H17ClN6. The Morgan fingerprint density at radius 2 is 1.73 bits per heavy atom. The number of imidazole rings is 1. The Morgan fingerprint density at radius 3 is 2.46 bits per heavy atom. The zero-order valence-electron chi connectivity index (χ0n) is 14.1. The highest BCUT2D eigenvalue weighted by Crippen LogP contribution is 2.25. The van der Waals surface area contributed by atoms with Crippen molar-refractivity contribution in [2.45, 2.75) is 13.5 Å². The molecule has 0 bridgehead atoms. The topological polar surface area (TPSA) is 95.6 Å². The molecule has 0 saturated heterocycles. The summed E-state index contributed by atoms with van der Waals surface area (Å²) in [5, 5.41) is 0.709. The summed E-state index contributed by atoms with van der Waals surface area (Å²) in [4.78, 5) is 13.4. The minimum absolute atomic E-state index is 0.366. The molecule has 0 aliphatic rings. The molecule has 3 aromatic heterocycles. The maximum absolute atomic E-state index is 6.11. The van der Waals surface area contributed by atoms with Crippen LogP contribution in [0.25, 0.3) is 22.4 Å². The van der Waals surface area contributed by atoms with E-state index in [0.717, 1.165) is 33.8 Å². The summed E-state index contributed by atoms with van der Waals surface area (Å²) in [6, 6.07) is 15.2. The summed E-state index contributed by atoms with van der Waals surface area (Å²) in [6.07, 6.45) is 0. The van der Waals surface area contributed by atoms with Gasteiger partial charge >= 0.3 is 0 Å². The number of rotatable bonds is 3. The zero-order valence-corrected chi connectivity index (χ0v) is 14.9. The first-order valence-electron chi connectivity index (χ1n) is 8.11. The summed E-state index contributed by atoms with van der Waals surface area (Å²) in [5.74, 6) is 1.62. The van der Waals surface area contributed by atoms with Crippen molar-refractivity contribution in [1.82, 2.24) is 19.5 Å². The molecule has 0 saturated carbocycles. The Hall–Kier alpha value is -3.12. The van der Waals surface area contributed by atoms with Crippen LogP contribution in [0.1, 0.15) is 11.4 Å². The number of nitrogens with zero attached hydrogens (tertiary/aromatic N) is 4. The molecule has 0 unspecified atom stereocenters. The molecule has 26 heavy (non-hydrogen) atoms. The number of nitrogen functional groups attached to an aromatic ring is 2. The lowest BCUT2D eigenvalue weighted by molar-refractivity contribution is 0.778. The molecule has 0 spiro atoms. The van der Waals surface area contributed by atoms with Crippen molar-refractivity contribution < 1.29 is 0 Å². The molecule has 1 aromatic carbocycles. The molecule has 4 N–H and O–H groups in total. The highest BCUT2D eigenvalue weighted by Gasteiger charge is 2.12. The maximum atomic E-state index is 6.11. The molecule has 130 valence electrons. The third kappa shape index (κ3) is 3.07. The zero-order chi connectivity index (χ0) is 18.3. The molecule has 7 heteroatoms. The quantitative estimate of drug-likeness (QED) is 0.578. The molecule has 0 amide bonds. The molecule has 0 fully saturated rings. The molecule has 0 radical (unpaired) electrons. The predicted octanol–water partition coefficient (Wildman–Crippen LogP) is 3.67. The van der Waals surface area contributed by atoms with E-state index >= 15 is 0 Å². The van der Waals surface area contributed by atoms with Gasteiger partial charge in [0, 0.05) is 10.6 Å². The van der Waals surface area contributed by atoms with Gasteiger partial charge in [-0.2, -0.15) is 0 Å². The Balaban J connectivity index is 1.82. The van der Waals surface area contributed by atoms with Gasteiger partial charge in [0.15, 0.2) is 5.65 Å². The molecule has 0 atom stereocenters. The fraction of sp³-hybridized carbons (Fsp3) is 0.105. The number of halogens is 1. The van der Waals surface area contributed by atoms with E-state index in [1.54, 1.807) is 12.1 Å². The Morgan fingerprint density at radius 1 is 0.962 bits per heavy atom. The Labute approximate surface area is 155 Å². The van der Waals surface area contributed by atoms with Crippen molar-refractivity contribution in [3.8, 4) is 11.3 Å². The third-order valence-corrected chi connectivity index (χ3v) is 4.41. The Bertz CT molecular complexity index is 1100. The summed E-state index contributed by atoms with van der Waals surface area (Å²) in [7, 11) is 0. The molecular weight excluding hydrogens is 348 g/mol. The first-order chi connectivity index (χ1) is 12.5. The summed E-state index contributed by atoms with van der Waals surface area (Å²) in [6.45, 7) is 2.61. The number of anilines is 2.